The van der Waals surface area contributed by atoms with E-state index in [2.05, 4.69) is 15.0 Å². The molecule has 0 bridgehead atoms. The summed E-state index contributed by atoms with van der Waals surface area (Å²) in [7, 11) is 0. The average molecular weight is 332 g/mol. The van der Waals surface area contributed by atoms with Gasteiger partial charge in [0.2, 0.25) is 10.8 Å². The van der Waals surface area contributed by atoms with Crippen molar-refractivity contribution in [3.05, 3.63) is 46.3 Å². The first kappa shape index (κ1) is 14.6. The number of benzene rings is 1. The highest BCUT2D eigenvalue weighted by Gasteiger charge is 2.32. The Labute approximate surface area is 137 Å². The second kappa shape index (κ2) is 5.58. The zero-order valence-corrected chi connectivity index (χ0v) is 13.6. The Morgan fingerprint density at radius 3 is 2.70 bits per heavy atom. The van der Waals surface area contributed by atoms with Gasteiger partial charge in [0.1, 0.15) is 11.6 Å². The third-order valence-corrected chi connectivity index (χ3v) is 5.33. The summed E-state index contributed by atoms with van der Waals surface area (Å²) in [4.78, 5) is 7.87. The average Bonchev–Trinajstić information content (AvgIpc) is 3.22. The second-order valence-corrected chi connectivity index (χ2v) is 6.82. The highest BCUT2D eigenvalue weighted by molar-refractivity contribution is 7.17. The largest absolute Gasteiger partial charge is 0.492 e. The summed E-state index contributed by atoms with van der Waals surface area (Å²) in [6.07, 6.45) is 2.18. The van der Waals surface area contributed by atoms with E-state index in [-0.39, 0.29) is 17.7 Å². The quantitative estimate of drug-likeness (QED) is 0.801. The molecule has 3 heterocycles. The fourth-order valence-corrected chi connectivity index (χ4v) is 4.38. The first-order valence-electron chi connectivity index (χ1n) is 7.68. The molecule has 0 saturated carbocycles. The molecule has 1 unspecified atom stereocenters. The van der Waals surface area contributed by atoms with Crippen LogP contribution in [0.5, 0.6) is 5.88 Å². The van der Waals surface area contributed by atoms with E-state index in [9.17, 15) is 9.50 Å². The summed E-state index contributed by atoms with van der Waals surface area (Å²) in [6.45, 7) is 3.57. The number of halogens is 1. The lowest BCUT2D eigenvalue weighted by Gasteiger charge is -2.27. The van der Waals surface area contributed by atoms with Gasteiger partial charge in [-0.1, -0.05) is 29.5 Å². The number of thiazole rings is 1. The maximum absolute atomic E-state index is 14.4. The lowest BCUT2D eigenvalue weighted by atomic mass is 10.0. The fraction of sp³-hybridized carbons (Fsp3) is 0.375. The van der Waals surface area contributed by atoms with Crippen LogP contribution in [-0.2, 0) is 0 Å². The zero-order chi connectivity index (χ0) is 16.0. The van der Waals surface area contributed by atoms with Gasteiger partial charge in [0, 0.05) is 5.56 Å². The molecule has 23 heavy (non-hydrogen) atoms. The molecule has 1 N–H and O–H groups in total. The summed E-state index contributed by atoms with van der Waals surface area (Å²) in [6, 6.07) is 6.48. The van der Waals surface area contributed by atoms with Crippen LogP contribution in [0.3, 0.4) is 0 Å². The van der Waals surface area contributed by atoms with Crippen molar-refractivity contribution in [1.29, 1.82) is 0 Å². The van der Waals surface area contributed by atoms with E-state index in [0.29, 0.717) is 21.2 Å². The summed E-state index contributed by atoms with van der Waals surface area (Å²) in [5.74, 6) is 0.423. The van der Waals surface area contributed by atoms with Crippen molar-refractivity contribution in [3.8, 4) is 5.88 Å². The highest BCUT2D eigenvalue weighted by atomic mass is 32.1. The zero-order valence-electron chi connectivity index (χ0n) is 12.7. The van der Waals surface area contributed by atoms with Crippen LogP contribution in [0.25, 0.3) is 4.96 Å². The molecule has 3 aromatic rings. The molecule has 0 spiro atoms. The van der Waals surface area contributed by atoms with E-state index < -0.39 is 0 Å². The van der Waals surface area contributed by atoms with E-state index in [4.69, 9.17) is 0 Å². The van der Waals surface area contributed by atoms with E-state index in [1.807, 2.05) is 6.07 Å². The maximum Gasteiger partial charge on any atom is 0.230 e. The highest BCUT2D eigenvalue weighted by Crippen LogP contribution is 2.41. The number of aromatic hydroxyl groups is 1. The van der Waals surface area contributed by atoms with E-state index in [0.717, 1.165) is 25.9 Å². The Morgan fingerprint density at radius 1 is 1.26 bits per heavy atom. The van der Waals surface area contributed by atoms with Crippen molar-refractivity contribution in [2.45, 2.75) is 25.8 Å². The first-order chi connectivity index (χ1) is 11.1. The van der Waals surface area contributed by atoms with E-state index >= 15 is 0 Å². The molecular formula is C16H17FN4OS. The first-order valence-corrected chi connectivity index (χ1v) is 8.50. The Morgan fingerprint density at radius 2 is 2.00 bits per heavy atom. The monoisotopic (exact) mass is 332 g/mol. The van der Waals surface area contributed by atoms with Crippen LogP contribution in [-0.4, -0.2) is 37.7 Å². The third kappa shape index (κ3) is 2.40. The Hall–Kier alpha value is -1.99. The van der Waals surface area contributed by atoms with Gasteiger partial charge in [-0.2, -0.15) is 4.52 Å². The molecule has 1 aromatic carbocycles. The van der Waals surface area contributed by atoms with Crippen LogP contribution < -0.4 is 0 Å². The molecule has 7 heteroatoms. The minimum absolute atomic E-state index is 0.0609. The van der Waals surface area contributed by atoms with Crippen LogP contribution in [0.15, 0.2) is 24.3 Å². The molecule has 1 fully saturated rings. The number of aryl methyl sites for hydroxylation is 1. The predicted octanol–water partition coefficient (Wildman–Crippen LogP) is 3.13. The van der Waals surface area contributed by atoms with E-state index in [1.54, 1.807) is 19.1 Å². The number of hydrogen-bond acceptors (Lipinski definition) is 5. The van der Waals surface area contributed by atoms with Gasteiger partial charge >= 0.3 is 0 Å². The van der Waals surface area contributed by atoms with Gasteiger partial charge in [-0.25, -0.2) is 9.37 Å². The predicted molar refractivity (Wildman–Crippen MR) is 86.3 cm³/mol. The fourth-order valence-electron chi connectivity index (χ4n) is 3.23. The van der Waals surface area contributed by atoms with Gasteiger partial charge < -0.3 is 5.11 Å². The number of likely N-dealkylation sites (tertiary alicyclic amines) is 1. The second-order valence-electron chi connectivity index (χ2n) is 5.81. The van der Waals surface area contributed by atoms with Gasteiger partial charge in [-0.15, -0.1) is 5.10 Å². The number of aromatic nitrogens is 3. The molecule has 5 nitrogen and oxygen atoms in total. The molecule has 1 atom stereocenters. The van der Waals surface area contributed by atoms with Gasteiger partial charge in [0.25, 0.3) is 0 Å². The van der Waals surface area contributed by atoms with Crippen LogP contribution in [0, 0.1) is 12.7 Å². The molecular weight excluding hydrogens is 315 g/mol. The maximum atomic E-state index is 14.4. The molecule has 0 aliphatic carbocycles. The minimum Gasteiger partial charge on any atom is -0.492 e. The minimum atomic E-state index is -0.299. The normalized spacial score (nSPS) is 17.1. The molecule has 4 rings (SSSR count). The van der Waals surface area contributed by atoms with E-state index in [1.165, 1.54) is 21.9 Å². The van der Waals surface area contributed by atoms with Crippen molar-refractivity contribution in [2.24, 2.45) is 0 Å². The Bertz CT molecular complexity index is 853. The summed E-state index contributed by atoms with van der Waals surface area (Å²) < 4.78 is 15.9. The summed E-state index contributed by atoms with van der Waals surface area (Å²) in [5, 5.41) is 14.8. The molecule has 120 valence electrons. The summed E-state index contributed by atoms with van der Waals surface area (Å²) >= 11 is 1.37. The molecule has 0 amide bonds. The lowest BCUT2D eigenvalue weighted by Crippen LogP contribution is -2.26. The topological polar surface area (TPSA) is 53.7 Å². The van der Waals surface area contributed by atoms with Crippen LogP contribution >= 0.6 is 11.3 Å². The molecule has 1 aliphatic rings. The number of fused-ring (bicyclic) bond motifs is 1. The van der Waals surface area contributed by atoms with Crippen LogP contribution in [0.2, 0.25) is 0 Å². The SMILES string of the molecule is Cc1nc2sc(C(c3ccccc3F)N3CCCC3)c(O)n2n1. The van der Waals surface area contributed by atoms with Gasteiger partial charge in [0.15, 0.2) is 0 Å². The number of nitrogens with zero attached hydrogens (tertiary/aromatic N) is 4. The molecule has 0 radical (unpaired) electrons. The van der Waals surface area contributed by atoms with Crippen molar-refractivity contribution < 1.29 is 9.50 Å². The third-order valence-electron chi connectivity index (χ3n) is 4.26. The van der Waals surface area contributed by atoms with Crippen LogP contribution in [0.4, 0.5) is 4.39 Å². The molecule has 1 saturated heterocycles. The van der Waals surface area contributed by atoms with Crippen molar-refractivity contribution in [3.63, 3.8) is 0 Å². The molecule has 2 aromatic heterocycles. The lowest BCUT2D eigenvalue weighted by molar-refractivity contribution is 0.271. The van der Waals surface area contributed by atoms with Crippen molar-refractivity contribution in [1.82, 2.24) is 19.5 Å². The molecule has 1 aliphatic heterocycles. The number of hydrogen-bond donors (Lipinski definition) is 1. The smallest absolute Gasteiger partial charge is 0.230 e. The van der Waals surface area contributed by atoms with Gasteiger partial charge in [-0.05, 0) is 38.9 Å². The van der Waals surface area contributed by atoms with Gasteiger partial charge in [0.05, 0.1) is 10.9 Å². The Balaban J connectivity index is 1.88. The van der Waals surface area contributed by atoms with Crippen LogP contribution in [0.1, 0.15) is 35.1 Å². The Kier molecular flexibility index (Phi) is 3.54. The van der Waals surface area contributed by atoms with Crippen molar-refractivity contribution in [2.75, 3.05) is 13.1 Å². The van der Waals surface area contributed by atoms with Crippen molar-refractivity contribution >= 4 is 16.3 Å². The number of rotatable bonds is 3. The van der Waals surface area contributed by atoms with Gasteiger partial charge in [-0.3, -0.25) is 4.90 Å². The summed E-state index contributed by atoms with van der Waals surface area (Å²) in [5.41, 5.74) is 0.589. The standard InChI is InChI=1S/C16H17FN4OS/c1-10-18-16-21(19-10)15(22)14(23-16)13(20-8-4-5-9-20)11-6-2-3-7-12(11)17/h2-3,6-7,13,22H,4-5,8-9H2,1H3.